The van der Waals surface area contributed by atoms with Gasteiger partial charge in [-0.25, -0.2) is 4.99 Å². The number of carbonyl (C=O) groups is 1. The molecule has 0 atom stereocenters. The Hall–Kier alpha value is 0.260. The summed E-state index contributed by atoms with van der Waals surface area (Å²) in [5.74, 6) is -0.106. The lowest BCUT2D eigenvalue weighted by Gasteiger charge is -2.00. The van der Waals surface area contributed by atoms with Gasteiger partial charge in [0.25, 0.3) is 0 Å². The number of halogens is 3. The fourth-order valence-corrected chi connectivity index (χ4v) is 3.20. The van der Waals surface area contributed by atoms with Crippen LogP contribution >= 0.6 is 43.9 Å². The fraction of sp³-hybridized carbons (Fsp3) is 0.167. The molecule has 1 rings (SSSR count). The van der Waals surface area contributed by atoms with E-state index in [2.05, 4.69) is 4.99 Å². The molecule has 0 N–H and O–H groups in total. The normalized spacial score (nSPS) is 17.5. The summed E-state index contributed by atoms with van der Waals surface area (Å²) >= 11 is 10.9. The molecule has 1 heterocycles. The molecule has 0 aromatic rings. The summed E-state index contributed by atoms with van der Waals surface area (Å²) in [7, 11) is 0. The zero-order valence-corrected chi connectivity index (χ0v) is 9.24. The Labute approximate surface area is 84.0 Å². The second-order valence-corrected chi connectivity index (χ2v) is 6.59. The van der Waals surface area contributed by atoms with Gasteiger partial charge >= 0.3 is 0 Å². The lowest BCUT2D eigenvalue weighted by atomic mass is 10.3. The van der Waals surface area contributed by atoms with Gasteiger partial charge in [0.1, 0.15) is 5.70 Å². The molecule has 0 bridgehead atoms. The molecule has 0 spiro atoms. The van der Waals surface area contributed by atoms with Crippen molar-refractivity contribution in [1.82, 2.24) is 0 Å². The third-order valence-corrected chi connectivity index (χ3v) is 3.64. The average molecular weight is 304 g/mol. The summed E-state index contributed by atoms with van der Waals surface area (Å²) in [5.41, 5.74) is 0.353. The first-order chi connectivity index (χ1) is 5.09. The Kier molecular flexibility index (Phi) is 3.21. The van der Waals surface area contributed by atoms with Crippen molar-refractivity contribution in [3.05, 3.63) is 11.8 Å². The van der Waals surface area contributed by atoms with Crippen molar-refractivity contribution in [2.45, 2.75) is 6.92 Å². The van der Waals surface area contributed by atoms with E-state index < -0.39 is 20.7 Å². The zero-order valence-electron chi connectivity index (χ0n) is 5.57. The first-order valence-electron chi connectivity index (χ1n) is 2.73. The monoisotopic (exact) mass is 303 g/mol. The van der Waals surface area contributed by atoms with E-state index in [1.807, 2.05) is 0 Å². The van der Waals surface area contributed by atoms with Crippen LogP contribution in [0.15, 0.2) is 16.8 Å². The SMILES string of the molecule is CC(=O)C1=CC(Cl)=IC(Cl)=N1. The third kappa shape index (κ3) is 2.65. The quantitative estimate of drug-likeness (QED) is 0.684. The zero-order chi connectivity index (χ0) is 8.43. The molecule has 2 nitrogen and oxygen atoms in total. The standard InChI is InChI=1S/C6H4Cl2INO/c1-3(11)4-2-5(7)9-6(8)10-4/h2H,1H3. The Bertz CT molecular complexity index is 290. The van der Waals surface area contributed by atoms with Crippen LogP contribution in [-0.4, -0.2) is 11.9 Å². The maximum Gasteiger partial charge on any atom is 0.178 e. The van der Waals surface area contributed by atoms with Crippen LogP contribution in [0.1, 0.15) is 6.92 Å². The first kappa shape index (κ1) is 9.35. The highest BCUT2D eigenvalue weighted by atomic mass is 127. The highest BCUT2D eigenvalue weighted by Crippen LogP contribution is 2.20. The van der Waals surface area contributed by atoms with Gasteiger partial charge in [0.2, 0.25) is 0 Å². The van der Waals surface area contributed by atoms with Gasteiger partial charge in [0.15, 0.2) is 8.96 Å². The van der Waals surface area contributed by atoms with E-state index in [1.165, 1.54) is 6.92 Å². The van der Waals surface area contributed by atoms with E-state index in [1.54, 1.807) is 6.08 Å². The van der Waals surface area contributed by atoms with Crippen LogP contribution in [-0.2, 0) is 4.79 Å². The topological polar surface area (TPSA) is 29.4 Å². The number of allylic oxidation sites excluding steroid dienone is 2. The van der Waals surface area contributed by atoms with Gasteiger partial charge in [-0.05, 0) is 26.8 Å². The van der Waals surface area contributed by atoms with Crippen molar-refractivity contribution in [2.75, 3.05) is 0 Å². The van der Waals surface area contributed by atoms with E-state index in [0.29, 0.717) is 11.8 Å². The van der Waals surface area contributed by atoms with Crippen molar-refractivity contribution < 1.29 is 4.79 Å². The Balaban J connectivity index is 3.03. The molecule has 0 saturated heterocycles. The van der Waals surface area contributed by atoms with Crippen LogP contribution in [0.2, 0.25) is 0 Å². The van der Waals surface area contributed by atoms with Crippen molar-refractivity contribution in [1.29, 1.82) is 0 Å². The van der Waals surface area contributed by atoms with Gasteiger partial charge in [-0.3, -0.25) is 4.79 Å². The lowest BCUT2D eigenvalue weighted by Crippen LogP contribution is -1.99. The molecule has 0 amide bonds. The molecule has 0 saturated carbocycles. The van der Waals surface area contributed by atoms with Crippen LogP contribution < -0.4 is 0 Å². The minimum Gasteiger partial charge on any atom is -0.293 e. The summed E-state index contributed by atoms with van der Waals surface area (Å²) in [6.45, 7) is 1.44. The number of aliphatic imine (C=N–C) groups is 1. The van der Waals surface area contributed by atoms with Gasteiger partial charge in [-0.15, -0.1) is 0 Å². The summed E-state index contributed by atoms with van der Waals surface area (Å²) < 4.78 is 1.13. The maximum absolute atomic E-state index is 10.8. The summed E-state index contributed by atoms with van der Waals surface area (Å²) in [6, 6.07) is 0. The van der Waals surface area contributed by atoms with Crippen molar-refractivity contribution in [3.63, 3.8) is 0 Å². The molecule has 11 heavy (non-hydrogen) atoms. The Morgan fingerprint density at radius 3 is 2.73 bits per heavy atom. The van der Waals surface area contributed by atoms with Crippen molar-refractivity contribution in [3.8, 4) is 0 Å². The Morgan fingerprint density at radius 1 is 1.64 bits per heavy atom. The molecule has 0 aromatic heterocycles. The van der Waals surface area contributed by atoms with Gasteiger partial charge in [0.05, 0.1) is 2.97 Å². The number of carbonyl (C=O) groups excluding carboxylic acids is 1. The van der Waals surface area contributed by atoms with E-state index in [0.717, 1.165) is 0 Å². The predicted molar refractivity (Wildman–Crippen MR) is 56.9 cm³/mol. The van der Waals surface area contributed by atoms with Gasteiger partial charge in [-0.1, -0.05) is 23.2 Å². The minimum atomic E-state index is -0.495. The van der Waals surface area contributed by atoms with Crippen molar-refractivity contribution >= 4 is 55.9 Å². The van der Waals surface area contributed by atoms with Crippen molar-refractivity contribution in [2.24, 2.45) is 4.99 Å². The van der Waals surface area contributed by atoms with E-state index in [9.17, 15) is 4.79 Å². The largest absolute Gasteiger partial charge is 0.293 e. The summed E-state index contributed by atoms with van der Waals surface area (Å²) in [5, 5.41) is 0. The maximum atomic E-state index is 10.8. The van der Waals surface area contributed by atoms with Crippen LogP contribution in [0.4, 0.5) is 0 Å². The molecule has 5 heteroatoms. The predicted octanol–water partition coefficient (Wildman–Crippen LogP) is 2.41. The van der Waals surface area contributed by atoms with Gasteiger partial charge in [-0.2, -0.15) is 0 Å². The fourth-order valence-electron chi connectivity index (χ4n) is 0.530. The molecule has 0 aromatic carbocycles. The Morgan fingerprint density at radius 2 is 2.27 bits per heavy atom. The third-order valence-electron chi connectivity index (χ3n) is 0.980. The van der Waals surface area contributed by atoms with Crippen LogP contribution in [0.5, 0.6) is 0 Å². The number of rotatable bonds is 1. The van der Waals surface area contributed by atoms with Gasteiger partial charge in [0, 0.05) is 6.92 Å². The molecule has 1 aliphatic rings. The molecule has 1 aliphatic heterocycles. The number of nitrogens with zero attached hydrogens (tertiary/aromatic N) is 1. The second-order valence-electron chi connectivity index (χ2n) is 1.82. The summed E-state index contributed by atoms with van der Waals surface area (Å²) in [4.78, 5) is 14.7. The lowest BCUT2D eigenvalue weighted by molar-refractivity contribution is -0.113. The second kappa shape index (κ2) is 3.78. The molecular weight excluding hydrogens is 300 g/mol. The van der Waals surface area contributed by atoms with Gasteiger partial charge < -0.3 is 0 Å². The van der Waals surface area contributed by atoms with E-state index in [4.69, 9.17) is 23.2 Å². The van der Waals surface area contributed by atoms with Crippen LogP contribution in [0.3, 0.4) is 0 Å². The number of ketones is 1. The molecule has 0 unspecified atom stereocenters. The molecular formula is C6H4Cl2INO. The number of hydrogen-bond donors (Lipinski definition) is 0. The molecule has 60 valence electrons. The minimum absolute atomic E-state index is 0.106. The number of Topliss-reactive ketones (excluding diaryl/α,β-unsaturated/α-hetero) is 1. The number of hydrogen-bond acceptors (Lipinski definition) is 2. The molecule has 0 fully saturated rings. The summed E-state index contributed by atoms with van der Waals surface area (Å²) in [6.07, 6.45) is 1.59. The highest BCUT2D eigenvalue weighted by molar-refractivity contribution is 14.2. The smallest absolute Gasteiger partial charge is 0.178 e. The highest BCUT2D eigenvalue weighted by Gasteiger charge is 2.08. The van der Waals surface area contributed by atoms with E-state index in [-0.39, 0.29) is 5.78 Å². The average Bonchev–Trinajstić information content (AvgIpc) is 1.85. The van der Waals surface area contributed by atoms with Crippen LogP contribution in [0.25, 0.3) is 0 Å². The molecule has 0 aliphatic carbocycles. The van der Waals surface area contributed by atoms with Crippen LogP contribution in [0, 0.1) is 0 Å². The molecule has 0 radical (unpaired) electrons. The first-order valence-corrected chi connectivity index (χ1v) is 5.65. The van der Waals surface area contributed by atoms with E-state index >= 15 is 0 Å².